The molecule has 70 valence electrons. The fraction of sp³-hybridized carbons (Fsp3) is 0.500. The first kappa shape index (κ1) is 8.51. The lowest BCUT2D eigenvalue weighted by Gasteiger charge is -2.17. The Hall–Kier alpha value is -1.09. The van der Waals surface area contributed by atoms with E-state index in [9.17, 15) is 0 Å². The first-order chi connectivity index (χ1) is 6.42. The molecule has 0 aliphatic carbocycles. The van der Waals surface area contributed by atoms with Crippen molar-refractivity contribution < 1.29 is 0 Å². The molecule has 3 nitrogen and oxygen atoms in total. The Balaban J connectivity index is 2.09. The number of aromatic nitrogens is 1. The third-order valence-corrected chi connectivity index (χ3v) is 2.45. The van der Waals surface area contributed by atoms with E-state index >= 15 is 0 Å². The first-order valence-corrected chi connectivity index (χ1v) is 4.75. The van der Waals surface area contributed by atoms with Gasteiger partial charge in [-0.15, -0.1) is 0 Å². The number of rotatable bonds is 3. The van der Waals surface area contributed by atoms with Gasteiger partial charge in [-0.05, 0) is 25.1 Å². The van der Waals surface area contributed by atoms with Gasteiger partial charge in [0.15, 0.2) is 0 Å². The van der Waals surface area contributed by atoms with Gasteiger partial charge in [-0.1, -0.05) is 6.07 Å². The Morgan fingerprint density at radius 3 is 3.38 bits per heavy atom. The number of likely N-dealkylation sites (N-methyl/N-ethyl adjacent to an activating group) is 1. The zero-order chi connectivity index (χ0) is 9.10. The van der Waals surface area contributed by atoms with Crippen LogP contribution in [0.25, 0.3) is 0 Å². The molecule has 0 amide bonds. The van der Waals surface area contributed by atoms with E-state index in [4.69, 9.17) is 0 Å². The molecule has 0 unspecified atom stereocenters. The monoisotopic (exact) mass is 177 g/mol. The molecule has 1 aromatic rings. The van der Waals surface area contributed by atoms with Crippen LogP contribution in [0, 0.1) is 0 Å². The van der Waals surface area contributed by atoms with E-state index < -0.39 is 0 Å². The predicted octanol–water partition coefficient (Wildman–Crippen LogP) is 0.663. The molecule has 0 radical (unpaired) electrons. The highest BCUT2D eigenvalue weighted by atomic mass is 15.2. The van der Waals surface area contributed by atoms with Gasteiger partial charge >= 0.3 is 0 Å². The van der Waals surface area contributed by atoms with E-state index in [1.807, 2.05) is 19.3 Å². The molecule has 1 aromatic heterocycles. The minimum atomic E-state index is 1.02. The highest BCUT2D eigenvalue weighted by Crippen LogP contribution is 2.23. The molecule has 0 bridgehead atoms. The van der Waals surface area contributed by atoms with Gasteiger partial charge in [-0.25, -0.2) is 4.98 Å². The summed E-state index contributed by atoms with van der Waals surface area (Å²) in [4.78, 5) is 6.73. The molecule has 1 aliphatic rings. The summed E-state index contributed by atoms with van der Waals surface area (Å²) in [6.07, 6.45) is 3.02. The lowest BCUT2D eigenvalue weighted by molar-refractivity contribution is 0.736. The van der Waals surface area contributed by atoms with Gasteiger partial charge in [-0.3, -0.25) is 0 Å². The highest BCUT2D eigenvalue weighted by Gasteiger charge is 2.18. The Labute approximate surface area is 78.8 Å². The number of anilines is 1. The van der Waals surface area contributed by atoms with Crippen molar-refractivity contribution in [1.82, 2.24) is 10.3 Å². The van der Waals surface area contributed by atoms with Crippen molar-refractivity contribution in [2.45, 2.75) is 6.42 Å². The molecule has 1 N–H and O–H groups in total. The average Bonchev–Trinajstić information content (AvgIpc) is 2.58. The standard InChI is InChI=1S/C10H15N3/c1-11-6-8-13-7-4-9-3-2-5-12-10(9)13/h2-3,5,11H,4,6-8H2,1H3. The molecule has 0 saturated heterocycles. The third-order valence-electron chi connectivity index (χ3n) is 2.45. The minimum Gasteiger partial charge on any atom is -0.355 e. The van der Waals surface area contributed by atoms with Crippen molar-refractivity contribution in [3.05, 3.63) is 23.9 Å². The van der Waals surface area contributed by atoms with Crippen molar-refractivity contribution in [2.75, 3.05) is 31.6 Å². The lowest BCUT2D eigenvalue weighted by Crippen LogP contribution is -2.29. The zero-order valence-electron chi connectivity index (χ0n) is 7.95. The molecule has 0 spiro atoms. The Bertz CT molecular complexity index is 285. The number of nitrogens with one attached hydrogen (secondary N) is 1. The van der Waals surface area contributed by atoms with E-state index in [-0.39, 0.29) is 0 Å². The third kappa shape index (κ3) is 1.65. The van der Waals surface area contributed by atoms with Crippen LogP contribution in [-0.2, 0) is 6.42 Å². The second kappa shape index (κ2) is 3.75. The van der Waals surface area contributed by atoms with E-state index in [1.54, 1.807) is 0 Å². The molecular weight excluding hydrogens is 162 g/mol. The van der Waals surface area contributed by atoms with Crippen LogP contribution in [-0.4, -0.2) is 31.7 Å². The number of pyridine rings is 1. The smallest absolute Gasteiger partial charge is 0.131 e. The Morgan fingerprint density at radius 2 is 2.54 bits per heavy atom. The summed E-state index contributed by atoms with van der Waals surface area (Å²) >= 11 is 0. The van der Waals surface area contributed by atoms with Gasteiger partial charge in [0.1, 0.15) is 5.82 Å². The predicted molar refractivity (Wildman–Crippen MR) is 54.1 cm³/mol. The van der Waals surface area contributed by atoms with Gasteiger partial charge in [0.2, 0.25) is 0 Å². The largest absolute Gasteiger partial charge is 0.355 e. The van der Waals surface area contributed by atoms with Gasteiger partial charge in [0, 0.05) is 25.8 Å². The van der Waals surface area contributed by atoms with Crippen LogP contribution in [0.15, 0.2) is 18.3 Å². The topological polar surface area (TPSA) is 28.2 Å². The highest BCUT2D eigenvalue weighted by molar-refractivity contribution is 5.51. The van der Waals surface area contributed by atoms with Crippen LogP contribution in [0.1, 0.15) is 5.56 Å². The number of hydrogen-bond acceptors (Lipinski definition) is 3. The quantitative estimate of drug-likeness (QED) is 0.735. The van der Waals surface area contributed by atoms with E-state index in [2.05, 4.69) is 21.3 Å². The Kier molecular flexibility index (Phi) is 2.45. The maximum Gasteiger partial charge on any atom is 0.131 e. The molecule has 1 aliphatic heterocycles. The van der Waals surface area contributed by atoms with E-state index in [0.29, 0.717) is 0 Å². The van der Waals surface area contributed by atoms with Crippen LogP contribution in [0.3, 0.4) is 0 Å². The van der Waals surface area contributed by atoms with Gasteiger partial charge in [-0.2, -0.15) is 0 Å². The van der Waals surface area contributed by atoms with Crippen molar-refractivity contribution in [3.8, 4) is 0 Å². The maximum absolute atomic E-state index is 4.39. The van der Waals surface area contributed by atoms with E-state index in [0.717, 1.165) is 26.1 Å². The van der Waals surface area contributed by atoms with Gasteiger partial charge in [0.05, 0.1) is 0 Å². The molecule has 0 fully saturated rings. The number of nitrogens with zero attached hydrogens (tertiary/aromatic N) is 2. The lowest BCUT2D eigenvalue weighted by atomic mass is 10.2. The minimum absolute atomic E-state index is 1.02. The average molecular weight is 177 g/mol. The number of fused-ring (bicyclic) bond motifs is 1. The molecular formula is C10H15N3. The van der Waals surface area contributed by atoms with Crippen LogP contribution in [0.4, 0.5) is 5.82 Å². The van der Waals surface area contributed by atoms with E-state index in [1.165, 1.54) is 11.4 Å². The second-order valence-corrected chi connectivity index (χ2v) is 3.33. The Morgan fingerprint density at radius 1 is 1.62 bits per heavy atom. The molecule has 13 heavy (non-hydrogen) atoms. The van der Waals surface area contributed by atoms with Crippen LogP contribution in [0.5, 0.6) is 0 Å². The summed E-state index contributed by atoms with van der Waals surface area (Å²) in [5.74, 6) is 1.18. The molecule has 2 rings (SSSR count). The van der Waals surface area contributed by atoms with Gasteiger partial charge in [0.25, 0.3) is 0 Å². The fourth-order valence-corrected chi connectivity index (χ4v) is 1.74. The molecule has 0 aromatic carbocycles. The van der Waals surface area contributed by atoms with Gasteiger partial charge < -0.3 is 10.2 Å². The zero-order valence-corrected chi connectivity index (χ0v) is 7.95. The van der Waals surface area contributed by atoms with Crippen LogP contribution >= 0.6 is 0 Å². The van der Waals surface area contributed by atoms with Crippen molar-refractivity contribution in [1.29, 1.82) is 0 Å². The van der Waals surface area contributed by atoms with Crippen molar-refractivity contribution in [2.24, 2.45) is 0 Å². The summed E-state index contributed by atoms with van der Waals surface area (Å²) in [6, 6.07) is 4.18. The van der Waals surface area contributed by atoms with Crippen molar-refractivity contribution in [3.63, 3.8) is 0 Å². The van der Waals surface area contributed by atoms with Crippen LogP contribution < -0.4 is 10.2 Å². The summed E-state index contributed by atoms with van der Waals surface area (Å²) in [5, 5.41) is 3.16. The SMILES string of the molecule is CNCCN1CCc2cccnc21. The summed E-state index contributed by atoms with van der Waals surface area (Å²) in [5.41, 5.74) is 1.39. The summed E-state index contributed by atoms with van der Waals surface area (Å²) in [7, 11) is 1.98. The normalized spacial score (nSPS) is 14.7. The molecule has 0 atom stereocenters. The summed E-state index contributed by atoms with van der Waals surface area (Å²) < 4.78 is 0. The molecule has 0 saturated carbocycles. The molecule has 2 heterocycles. The van der Waals surface area contributed by atoms with Crippen molar-refractivity contribution >= 4 is 5.82 Å². The molecule has 3 heteroatoms. The maximum atomic E-state index is 4.39. The second-order valence-electron chi connectivity index (χ2n) is 3.33. The first-order valence-electron chi connectivity index (χ1n) is 4.75. The van der Waals surface area contributed by atoms with Crippen LogP contribution in [0.2, 0.25) is 0 Å². The summed E-state index contributed by atoms with van der Waals surface area (Å²) in [6.45, 7) is 3.20. The fourth-order valence-electron chi connectivity index (χ4n) is 1.74. The number of hydrogen-bond donors (Lipinski definition) is 1.